The molecule has 0 N–H and O–H groups in total. The van der Waals surface area contributed by atoms with E-state index in [4.69, 9.17) is 0 Å². The highest BCUT2D eigenvalue weighted by Crippen LogP contribution is 2.40. The number of aromatic nitrogens is 3. The Balaban J connectivity index is 0.000000167. The molecular formula is C36H30Br3I6N3S3. The van der Waals surface area contributed by atoms with Crippen LogP contribution in [0.2, 0.25) is 0 Å². The number of thioether (sulfide) groups is 3. The molecule has 3 aromatic carbocycles. The molecule has 3 aliphatic rings. The number of halogens is 9. The summed E-state index contributed by atoms with van der Waals surface area (Å²) in [6.07, 6.45) is 0. The van der Waals surface area contributed by atoms with Crippen LogP contribution >= 0.6 is 151 Å². The van der Waals surface area contributed by atoms with Crippen molar-refractivity contribution in [1.29, 1.82) is 0 Å². The maximum atomic E-state index is 3.90. The van der Waals surface area contributed by atoms with Crippen molar-refractivity contribution in [2.24, 2.45) is 0 Å². The smallest absolute Gasteiger partial charge is 0.242 e. The lowest BCUT2D eigenvalue weighted by molar-refractivity contribution is -0.730. The van der Waals surface area contributed by atoms with Gasteiger partial charge in [0.1, 0.15) is 0 Å². The monoisotopic (exact) mass is 1600 g/mol. The number of pyridine rings is 3. The predicted octanol–water partition coefficient (Wildman–Crippen LogP) is 2.16. The first-order valence-electron chi connectivity index (χ1n) is 15.2. The van der Waals surface area contributed by atoms with Gasteiger partial charge in [-0.2, -0.15) is 13.7 Å². The van der Waals surface area contributed by atoms with Gasteiger partial charge in [-0.3, -0.25) is 0 Å². The topological polar surface area (TPSA) is 11.6 Å². The number of nitrogens with zero attached hydrogens (tertiary/aromatic N) is 3. The summed E-state index contributed by atoms with van der Waals surface area (Å²) in [6.45, 7) is 0. The van der Waals surface area contributed by atoms with Crippen LogP contribution in [0, 0.1) is 0 Å². The van der Waals surface area contributed by atoms with Crippen LogP contribution in [0.5, 0.6) is 0 Å². The normalized spacial score (nSPS) is 22.2. The number of hydrogen-bond donors (Lipinski definition) is 0. The van der Waals surface area contributed by atoms with E-state index < -0.39 is 0 Å². The van der Waals surface area contributed by atoms with Crippen LogP contribution in [0.1, 0.15) is 0 Å². The Morgan fingerprint density at radius 2 is 0.686 bits per heavy atom. The molecule has 3 atom stereocenters. The predicted molar refractivity (Wildman–Crippen MR) is 242 cm³/mol. The van der Waals surface area contributed by atoms with Crippen molar-refractivity contribution >= 4 is 184 Å². The van der Waals surface area contributed by atoms with Gasteiger partial charge in [0, 0.05) is 52.6 Å². The maximum Gasteiger partial charge on any atom is 0.242 e. The Kier molecular flexibility index (Phi) is 18.3. The van der Waals surface area contributed by atoms with Gasteiger partial charge in [0.05, 0.1) is 30.5 Å². The van der Waals surface area contributed by atoms with Crippen LogP contribution in [-0.4, -0.2) is 30.5 Å². The molecule has 270 valence electrons. The summed E-state index contributed by atoms with van der Waals surface area (Å²) in [5, 5.41) is 7.99. The lowest BCUT2D eigenvalue weighted by Gasteiger charge is -2.14. The summed E-state index contributed by atoms with van der Waals surface area (Å²) in [4.78, 5) is 0. The van der Waals surface area contributed by atoms with E-state index in [0.717, 1.165) is 30.5 Å². The highest BCUT2D eigenvalue weighted by Gasteiger charge is 2.47. The van der Waals surface area contributed by atoms with Gasteiger partial charge in [-0.25, -0.2) is 0 Å². The minimum Gasteiger partial charge on any atom is -1.00 e. The molecule has 3 aliphatic heterocycles. The van der Waals surface area contributed by atoms with E-state index in [2.05, 4.69) is 238 Å². The second-order valence-corrected chi connectivity index (χ2v) is 21.4. The standard InChI is InChI=1S/3C12H10BrINS.3HI/c3*13-12(7-14)8-16-11-6-5-9-3-1-2-4-10(9)15(11)12;;;/h3*1-6H,7-8H2;3*1H/q3*+1;;;/p-3. The van der Waals surface area contributed by atoms with Crippen LogP contribution in [-0.2, 0) is 13.3 Å². The fourth-order valence-electron chi connectivity index (χ4n) is 6.18. The number of alkyl halides is 6. The van der Waals surface area contributed by atoms with Gasteiger partial charge in [0.25, 0.3) is 0 Å². The molecule has 3 nitrogen and oxygen atoms in total. The Labute approximate surface area is 429 Å². The second kappa shape index (κ2) is 20.1. The zero-order chi connectivity index (χ0) is 33.5. The van der Waals surface area contributed by atoms with Crippen molar-refractivity contribution in [1.82, 2.24) is 0 Å². The summed E-state index contributed by atoms with van der Waals surface area (Å²) in [5.41, 5.74) is 3.95. The fourth-order valence-corrected chi connectivity index (χ4v) is 15.1. The van der Waals surface area contributed by atoms with Crippen LogP contribution in [0.3, 0.4) is 0 Å². The summed E-state index contributed by atoms with van der Waals surface area (Å²) in [5.74, 6) is 3.30. The number of hydrogen-bond acceptors (Lipinski definition) is 3. The van der Waals surface area contributed by atoms with E-state index in [9.17, 15) is 0 Å². The first-order valence-corrected chi connectivity index (χ1v) is 25.1. The van der Waals surface area contributed by atoms with E-state index >= 15 is 0 Å². The van der Waals surface area contributed by atoms with E-state index in [0.29, 0.717) is 0 Å². The van der Waals surface area contributed by atoms with Gasteiger partial charge in [-0.05, 0) is 119 Å². The van der Waals surface area contributed by atoms with E-state index in [-0.39, 0.29) is 85.3 Å². The van der Waals surface area contributed by atoms with Gasteiger partial charge < -0.3 is 71.9 Å². The van der Waals surface area contributed by atoms with Crippen molar-refractivity contribution in [2.45, 2.75) is 28.4 Å². The molecule has 0 fully saturated rings. The molecular weight excluding hydrogens is 1570 g/mol. The van der Waals surface area contributed by atoms with Gasteiger partial charge in [0.2, 0.25) is 45.0 Å². The van der Waals surface area contributed by atoms with Crippen LogP contribution in [0.4, 0.5) is 0 Å². The molecule has 0 amide bonds. The summed E-state index contributed by atoms with van der Waals surface area (Å²) < 4.78 is 10.7. The molecule has 15 heteroatoms. The third kappa shape index (κ3) is 9.48. The lowest BCUT2D eigenvalue weighted by atomic mass is 10.2. The molecule has 0 bridgehead atoms. The fraction of sp³-hybridized carbons (Fsp3) is 0.250. The van der Waals surface area contributed by atoms with Gasteiger partial charge in [-0.1, -0.05) is 104 Å². The molecule has 0 radical (unpaired) electrons. The third-order valence-corrected chi connectivity index (χ3v) is 23.0. The highest BCUT2D eigenvalue weighted by molar-refractivity contribution is 14.1. The van der Waals surface area contributed by atoms with Gasteiger partial charge in [-0.15, -0.1) is 0 Å². The number of fused-ring (bicyclic) bond motifs is 9. The van der Waals surface area contributed by atoms with Crippen molar-refractivity contribution in [3.8, 4) is 0 Å². The Morgan fingerprint density at radius 1 is 0.431 bits per heavy atom. The molecule has 51 heavy (non-hydrogen) atoms. The summed E-state index contributed by atoms with van der Waals surface area (Å²) >= 11 is 24.8. The largest absolute Gasteiger partial charge is 1.00 e. The molecule has 9 rings (SSSR count). The molecule has 6 aromatic rings. The van der Waals surface area contributed by atoms with Crippen molar-refractivity contribution in [3.63, 3.8) is 0 Å². The van der Waals surface area contributed by atoms with Crippen LogP contribution in [0.15, 0.2) is 124 Å². The number of para-hydroxylation sites is 3. The van der Waals surface area contributed by atoms with E-state index in [1.54, 1.807) is 0 Å². The number of rotatable bonds is 3. The Bertz CT molecular complexity index is 1930. The molecule has 3 unspecified atom stereocenters. The van der Waals surface area contributed by atoms with Crippen LogP contribution in [0.25, 0.3) is 32.7 Å². The van der Waals surface area contributed by atoms with E-state index in [1.165, 1.54) is 47.8 Å². The molecule has 3 aromatic heterocycles. The summed E-state index contributed by atoms with van der Waals surface area (Å²) in [7, 11) is 0. The maximum absolute atomic E-state index is 3.90. The molecule has 0 saturated heterocycles. The first kappa shape index (κ1) is 46.4. The van der Waals surface area contributed by atoms with Crippen molar-refractivity contribution in [2.75, 3.05) is 30.5 Å². The highest BCUT2D eigenvalue weighted by atomic mass is 127. The zero-order valence-electron chi connectivity index (χ0n) is 26.6. The average Bonchev–Trinajstić information content (AvgIpc) is 3.80. The summed E-state index contributed by atoms with van der Waals surface area (Å²) in [6, 6.07) is 39.0. The minimum atomic E-state index is 0. The van der Waals surface area contributed by atoms with Gasteiger partial charge in [0.15, 0.2) is 0 Å². The van der Waals surface area contributed by atoms with Crippen LogP contribution < -0.4 is 85.6 Å². The third-order valence-electron chi connectivity index (χ3n) is 8.55. The molecule has 6 heterocycles. The van der Waals surface area contributed by atoms with Crippen molar-refractivity contribution < 1.29 is 85.6 Å². The zero-order valence-corrected chi connectivity index (χ0v) is 46.8. The average molecular weight is 1600 g/mol. The lowest BCUT2D eigenvalue weighted by Crippen LogP contribution is -3.00. The SMILES string of the molecule is BrC1(CI)CSc2ccc3ccccc3[n+]21.BrC1(CI)CSc2ccc3ccccc3[n+]21.BrC1(CI)CSc2ccc3ccccc3[n+]21.[I-].[I-].[I-]. The molecule has 0 aliphatic carbocycles. The van der Waals surface area contributed by atoms with Crippen molar-refractivity contribution in [3.05, 3.63) is 109 Å². The Hall–Kier alpha value is 2.76. The van der Waals surface area contributed by atoms with Gasteiger partial charge >= 0.3 is 0 Å². The van der Waals surface area contributed by atoms with E-state index in [1.807, 2.05) is 35.3 Å². The minimum absolute atomic E-state index is 0. The second-order valence-electron chi connectivity index (χ2n) is 11.7. The quantitative estimate of drug-likeness (QED) is 0.153. The number of benzene rings is 3. The Morgan fingerprint density at radius 3 is 0.941 bits per heavy atom. The first-order chi connectivity index (χ1) is 23.2. The molecule has 0 saturated carbocycles. The molecule has 0 spiro atoms.